The lowest BCUT2D eigenvalue weighted by Gasteiger charge is -2.23. The van der Waals surface area contributed by atoms with Crippen molar-refractivity contribution in [3.8, 4) is 6.07 Å². The molecule has 0 N–H and O–H groups in total. The van der Waals surface area contributed by atoms with Crippen molar-refractivity contribution in [2.45, 2.75) is 31.7 Å². The van der Waals surface area contributed by atoms with Gasteiger partial charge >= 0.3 is 6.18 Å². The van der Waals surface area contributed by atoms with E-state index in [1.54, 1.807) is 0 Å². The zero-order valence-electron chi connectivity index (χ0n) is 11.0. The number of benzene rings is 1. The third-order valence-corrected chi connectivity index (χ3v) is 3.53. The van der Waals surface area contributed by atoms with Gasteiger partial charge in [-0.1, -0.05) is 0 Å². The quantitative estimate of drug-likeness (QED) is 0.807. The maximum atomic E-state index is 13.1. The van der Waals surface area contributed by atoms with E-state index in [4.69, 9.17) is 10.00 Å². The van der Waals surface area contributed by atoms with Crippen molar-refractivity contribution in [2.75, 3.05) is 6.61 Å². The van der Waals surface area contributed by atoms with Gasteiger partial charge in [0.15, 0.2) is 11.9 Å². The number of hydrogen-bond acceptors (Lipinski definition) is 3. The molecule has 1 aliphatic heterocycles. The molecule has 0 radical (unpaired) electrons. The Morgan fingerprint density at radius 2 is 2.14 bits per heavy atom. The molecule has 110 valence electrons. The van der Waals surface area contributed by atoms with Crippen molar-refractivity contribution in [2.24, 2.45) is 0 Å². The summed E-state index contributed by atoms with van der Waals surface area (Å²) in [6.07, 6.45) is -2.62. The fourth-order valence-electron chi connectivity index (χ4n) is 2.56. The van der Waals surface area contributed by atoms with E-state index in [-0.39, 0.29) is 10.9 Å². The molecule has 0 bridgehead atoms. The van der Waals surface area contributed by atoms with Crippen LogP contribution in [0.2, 0.25) is 0 Å². The summed E-state index contributed by atoms with van der Waals surface area (Å²) in [5.41, 5.74) is -0.450. The number of halogens is 3. The predicted molar refractivity (Wildman–Crippen MR) is 68.3 cm³/mol. The molecule has 21 heavy (non-hydrogen) atoms. The van der Waals surface area contributed by atoms with Crippen LogP contribution in [0.5, 0.6) is 0 Å². The van der Waals surface area contributed by atoms with Crippen LogP contribution in [0.25, 0.3) is 10.9 Å². The number of ether oxygens (including phenoxy) is 1. The second kappa shape index (κ2) is 5.04. The van der Waals surface area contributed by atoms with Gasteiger partial charge in [-0.05, 0) is 37.5 Å². The van der Waals surface area contributed by atoms with Gasteiger partial charge in [-0.15, -0.1) is 0 Å². The molecule has 1 aromatic heterocycles. The molecule has 1 aliphatic rings. The summed E-state index contributed by atoms with van der Waals surface area (Å²) in [5.74, 6) is 0. The summed E-state index contributed by atoms with van der Waals surface area (Å²) < 4.78 is 46.2. The highest BCUT2D eigenvalue weighted by Gasteiger charge is 2.38. The van der Waals surface area contributed by atoms with Crippen LogP contribution in [0.15, 0.2) is 18.2 Å². The van der Waals surface area contributed by atoms with Crippen molar-refractivity contribution < 1.29 is 17.9 Å². The van der Waals surface area contributed by atoms with E-state index in [0.29, 0.717) is 18.5 Å². The molecule has 2 heterocycles. The Morgan fingerprint density at radius 1 is 1.33 bits per heavy atom. The Hall–Kier alpha value is -2.07. The molecule has 7 heteroatoms. The molecule has 0 spiro atoms. The minimum atomic E-state index is -4.56. The third kappa shape index (κ3) is 2.47. The van der Waals surface area contributed by atoms with Gasteiger partial charge in [0, 0.05) is 12.0 Å². The van der Waals surface area contributed by atoms with Gasteiger partial charge in [-0.25, -0.2) is 4.68 Å². The average molecular weight is 295 g/mol. The van der Waals surface area contributed by atoms with Crippen LogP contribution in [-0.2, 0) is 10.9 Å². The van der Waals surface area contributed by atoms with E-state index in [1.807, 2.05) is 6.07 Å². The second-order valence-corrected chi connectivity index (χ2v) is 4.96. The fourth-order valence-corrected chi connectivity index (χ4v) is 2.56. The topological polar surface area (TPSA) is 50.8 Å². The molecule has 3 rings (SSSR count). The van der Waals surface area contributed by atoms with Crippen molar-refractivity contribution in [1.82, 2.24) is 9.78 Å². The van der Waals surface area contributed by atoms with E-state index in [0.717, 1.165) is 12.8 Å². The monoisotopic (exact) mass is 295 g/mol. The lowest BCUT2D eigenvalue weighted by atomic mass is 10.1. The number of nitriles is 1. The summed E-state index contributed by atoms with van der Waals surface area (Å²) in [4.78, 5) is 0. The summed E-state index contributed by atoms with van der Waals surface area (Å²) in [5, 5.41) is 12.5. The zero-order valence-corrected chi connectivity index (χ0v) is 11.0. The van der Waals surface area contributed by atoms with Crippen LogP contribution >= 0.6 is 0 Å². The molecule has 0 aliphatic carbocycles. The first-order valence-corrected chi connectivity index (χ1v) is 6.62. The zero-order chi connectivity index (χ0) is 15.0. The van der Waals surface area contributed by atoms with E-state index >= 15 is 0 Å². The van der Waals surface area contributed by atoms with Crippen molar-refractivity contribution in [1.29, 1.82) is 5.26 Å². The van der Waals surface area contributed by atoms with Crippen LogP contribution in [-0.4, -0.2) is 16.4 Å². The first-order valence-electron chi connectivity index (χ1n) is 6.62. The molecule has 2 aromatic rings. The maximum Gasteiger partial charge on any atom is 0.435 e. The molecule has 1 atom stereocenters. The first kappa shape index (κ1) is 13.9. The van der Waals surface area contributed by atoms with Gasteiger partial charge in [0.1, 0.15) is 0 Å². The molecule has 0 amide bonds. The fraction of sp³-hybridized carbons (Fsp3) is 0.429. The Bertz CT molecular complexity index is 709. The molecule has 4 nitrogen and oxygen atoms in total. The Morgan fingerprint density at radius 3 is 2.76 bits per heavy atom. The van der Waals surface area contributed by atoms with Crippen LogP contribution in [0.4, 0.5) is 13.2 Å². The van der Waals surface area contributed by atoms with Gasteiger partial charge in [-0.3, -0.25) is 0 Å². The smallest absolute Gasteiger partial charge is 0.356 e. The lowest BCUT2D eigenvalue weighted by molar-refractivity contribution is -0.141. The largest absolute Gasteiger partial charge is 0.435 e. The number of hydrogen-bond donors (Lipinski definition) is 0. The first-order chi connectivity index (χ1) is 10.0. The molecular formula is C14H12F3N3O. The molecule has 1 saturated heterocycles. The molecular weight excluding hydrogens is 283 g/mol. The predicted octanol–water partition coefficient (Wildman–Crippen LogP) is 3.63. The third-order valence-electron chi connectivity index (χ3n) is 3.53. The Labute approximate surface area is 118 Å². The lowest BCUT2D eigenvalue weighted by Crippen LogP contribution is -2.19. The highest BCUT2D eigenvalue weighted by Crippen LogP contribution is 2.36. The van der Waals surface area contributed by atoms with Crippen LogP contribution in [0.3, 0.4) is 0 Å². The van der Waals surface area contributed by atoms with Gasteiger partial charge in [-0.2, -0.15) is 23.5 Å². The van der Waals surface area contributed by atoms with E-state index in [2.05, 4.69) is 5.10 Å². The summed E-state index contributed by atoms with van der Waals surface area (Å²) in [7, 11) is 0. The summed E-state index contributed by atoms with van der Waals surface area (Å²) in [6.45, 7) is 0.518. The average Bonchev–Trinajstić information content (AvgIpc) is 2.86. The van der Waals surface area contributed by atoms with Crippen LogP contribution in [0.1, 0.15) is 36.7 Å². The van der Waals surface area contributed by atoms with Gasteiger partial charge in [0.25, 0.3) is 0 Å². The normalized spacial score (nSPS) is 19.6. The minimum Gasteiger partial charge on any atom is -0.356 e. The molecule has 0 saturated carbocycles. The summed E-state index contributed by atoms with van der Waals surface area (Å²) >= 11 is 0. The number of fused-ring (bicyclic) bond motifs is 1. The van der Waals surface area contributed by atoms with Crippen molar-refractivity contribution in [3.63, 3.8) is 0 Å². The minimum absolute atomic E-state index is 0.0595. The number of alkyl halides is 3. The SMILES string of the molecule is N#Cc1ccc2c(c1)c(C(F)(F)F)nn2C1CCCCO1. The molecule has 1 fully saturated rings. The van der Waals surface area contributed by atoms with Gasteiger partial charge in [0.2, 0.25) is 0 Å². The van der Waals surface area contributed by atoms with Crippen LogP contribution in [0, 0.1) is 11.3 Å². The Balaban J connectivity index is 2.19. The standard InChI is InChI=1S/C14H12F3N3O/c15-14(16,17)13-10-7-9(8-18)4-5-11(10)20(19-13)12-3-1-2-6-21-12/h4-5,7,12H,1-3,6H2. The number of aromatic nitrogens is 2. The van der Waals surface area contributed by atoms with Crippen molar-refractivity contribution >= 4 is 10.9 Å². The van der Waals surface area contributed by atoms with Crippen molar-refractivity contribution in [3.05, 3.63) is 29.5 Å². The van der Waals surface area contributed by atoms with Gasteiger partial charge < -0.3 is 4.74 Å². The van der Waals surface area contributed by atoms with E-state index in [9.17, 15) is 13.2 Å². The maximum absolute atomic E-state index is 13.1. The van der Waals surface area contributed by atoms with Crippen LogP contribution < -0.4 is 0 Å². The Kier molecular flexibility index (Phi) is 3.33. The van der Waals surface area contributed by atoms with E-state index < -0.39 is 18.1 Å². The molecule has 1 unspecified atom stereocenters. The summed E-state index contributed by atoms with van der Waals surface area (Å²) in [6, 6.07) is 6.06. The number of rotatable bonds is 1. The second-order valence-electron chi connectivity index (χ2n) is 4.96. The van der Waals surface area contributed by atoms with E-state index in [1.165, 1.54) is 22.9 Å². The highest BCUT2D eigenvalue weighted by atomic mass is 19.4. The van der Waals surface area contributed by atoms with Gasteiger partial charge in [0.05, 0.1) is 17.1 Å². The highest BCUT2D eigenvalue weighted by molar-refractivity contribution is 5.84. The molecule has 1 aromatic carbocycles. The number of nitrogens with zero attached hydrogens (tertiary/aromatic N) is 3.